The molecule has 1 aromatic carbocycles. The van der Waals surface area contributed by atoms with Crippen LogP contribution in [0.2, 0.25) is 0 Å². The predicted octanol–water partition coefficient (Wildman–Crippen LogP) is 2.34. The van der Waals surface area contributed by atoms with Gasteiger partial charge in [0.2, 0.25) is 0 Å². The van der Waals surface area contributed by atoms with E-state index in [2.05, 4.69) is 17.0 Å². The van der Waals surface area contributed by atoms with Gasteiger partial charge in [0, 0.05) is 25.2 Å². The van der Waals surface area contributed by atoms with Gasteiger partial charge in [0.05, 0.1) is 19.8 Å². The largest absolute Gasteiger partial charge is 0.497 e. The fraction of sp³-hybridized carbons (Fsp3) is 0.647. The maximum absolute atomic E-state index is 6.11. The van der Waals surface area contributed by atoms with Crippen molar-refractivity contribution in [3.05, 3.63) is 29.8 Å². The van der Waals surface area contributed by atoms with Crippen molar-refractivity contribution >= 4 is 0 Å². The molecule has 0 aromatic heterocycles. The van der Waals surface area contributed by atoms with Crippen LogP contribution >= 0.6 is 0 Å². The molecule has 1 saturated carbocycles. The number of morpholine rings is 1. The van der Waals surface area contributed by atoms with Crippen LogP contribution in [0.1, 0.15) is 37.3 Å². The Morgan fingerprint density at radius 3 is 2.76 bits per heavy atom. The van der Waals surface area contributed by atoms with Gasteiger partial charge in [0.25, 0.3) is 0 Å². The van der Waals surface area contributed by atoms with Crippen molar-refractivity contribution in [2.24, 2.45) is 5.73 Å². The van der Waals surface area contributed by atoms with E-state index in [1.165, 1.54) is 31.2 Å². The minimum Gasteiger partial charge on any atom is -0.497 e. The van der Waals surface area contributed by atoms with Crippen molar-refractivity contribution in [2.45, 2.75) is 43.9 Å². The van der Waals surface area contributed by atoms with E-state index in [1.807, 2.05) is 12.1 Å². The summed E-state index contributed by atoms with van der Waals surface area (Å²) < 4.78 is 11.2. The molecular weight excluding hydrogens is 264 g/mol. The molecule has 4 heteroatoms. The fourth-order valence-corrected chi connectivity index (χ4v) is 3.80. The van der Waals surface area contributed by atoms with Crippen LogP contribution in [-0.2, 0) is 4.74 Å². The minimum absolute atomic E-state index is 0.283. The highest BCUT2D eigenvalue weighted by atomic mass is 16.5. The van der Waals surface area contributed by atoms with E-state index in [-0.39, 0.29) is 6.04 Å². The summed E-state index contributed by atoms with van der Waals surface area (Å²) in [5.41, 5.74) is 7.40. The van der Waals surface area contributed by atoms with Gasteiger partial charge in [-0.15, -0.1) is 0 Å². The number of ether oxygens (including phenoxy) is 2. The molecule has 3 unspecified atom stereocenters. The molecule has 4 nitrogen and oxygen atoms in total. The number of methoxy groups -OCH3 is 1. The molecule has 2 fully saturated rings. The van der Waals surface area contributed by atoms with Gasteiger partial charge in [-0.3, -0.25) is 4.90 Å². The Labute approximate surface area is 127 Å². The first-order chi connectivity index (χ1) is 10.3. The number of hydrogen-bond acceptors (Lipinski definition) is 4. The summed E-state index contributed by atoms with van der Waals surface area (Å²) in [5, 5.41) is 0. The second kappa shape index (κ2) is 6.77. The highest BCUT2D eigenvalue weighted by molar-refractivity contribution is 5.29. The number of rotatable bonds is 4. The Hall–Kier alpha value is -1.10. The lowest BCUT2D eigenvalue weighted by atomic mass is 9.88. The lowest BCUT2D eigenvalue weighted by Gasteiger charge is -2.47. The molecule has 3 rings (SSSR count). The third kappa shape index (κ3) is 3.07. The lowest BCUT2D eigenvalue weighted by molar-refractivity contribution is -0.102. The smallest absolute Gasteiger partial charge is 0.118 e. The first-order valence-corrected chi connectivity index (χ1v) is 8.05. The Morgan fingerprint density at radius 1 is 1.29 bits per heavy atom. The molecule has 1 saturated heterocycles. The van der Waals surface area contributed by atoms with Crippen molar-refractivity contribution in [3.63, 3.8) is 0 Å². The highest BCUT2D eigenvalue weighted by Gasteiger charge is 2.37. The molecule has 1 aromatic rings. The van der Waals surface area contributed by atoms with E-state index in [1.54, 1.807) is 7.11 Å². The van der Waals surface area contributed by atoms with E-state index in [0.717, 1.165) is 18.9 Å². The SMILES string of the molecule is COc1ccc(C(CN)N2CCOC3CCCCC32)cc1. The van der Waals surface area contributed by atoms with Gasteiger partial charge in [-0.05, 0) is 30.5 Å². The molecular formula is C17H26N2O2. The molecule has 1 aliphatic carbocycles. The van der Waals surface area contributed by atoms with E-state index in [4.69, 9.17) is 15.2 Å². The standard InChI is InChI=1S/C17H26N2O2/c1-20-14-8-6-13(7-9-14)16(12-18)19-10-11-21-17-5-3-2-4-15(17)19/h6-9,15-17H,2-5,10-12,18H2,1H3. The zero-order valence-electron chi connectivity index (χ0n) is 12.8. The summed E-state index contributed by atoms with van der Waals surface area (Å²) in [7, 11) is 1.70. The van der Waals surface area contributed by atoms with Crippen molar-refractivity contribution < 1.29 is 9.47 Å². The fourth-order valence-electron chi connectivity index (χ4n) is 3.80. The van der Waals surface area contributed by atoms with E-state index < -0.39 is 0 Å². The second-order valence-electron chi connectivity index (χ2n) is 6.02. The van der Waals surface area contributed by atoms with Gasteiger partial charge in [-0.25, -0.2) is 0 Å². The minimum atomic E-state index is 0.283. The molecule has 116 valence electrons. The maximum Gasteiger partial charge on any atom is 0.118 e. The first-order valence-electron chi connectivity index (χ1n) is 8.05. The molecule has 2 N–H and O–H groups in total. The predicted molar refractivity (Wildman–Crippen MR) is 83.5 cm³/mol. The molecule has 21 heavy (non-hydrogen) atoms. The number of hydrogen-bond donors (Lipinski definition) is 1. The highest BCUT2D eigenvalue weighted by Crippen LogP contribution is 2.34. The average molecular weight is 290 g/mol. The topological polar surface area (TPSA) is 47.7 Å². The van der Waals surface area contributed by atoms with Crippen molar-refractivity contribution in [1.82, 2.24) is 4.90 Å². The molecule has 0 bridgehead atoms. The molecule has 0 spiro atoms. The second-order valence-corrected chi connectivity index (χ2v) is 6.02. The summed E-state index contributed by atoms with van der Waals surface area (Å²) in [6, 6.07) is 9.15. The first kappa shape index (κ1) is 14.8. The van der Waals surface area contributed by atoms with Crippen LogP contribution in [0, 0.1) is 0 Å². The zero-order valence-corrected chi connectivity index (χ0v) is 12.8. The third-order valence-electron chi connectivity index (χ3n) is 4.90. The van der Waals surface area contributed by atoms with Gasteiger partial charge in [0.15, 0.2) is 0 Å². The Morgan fingerprint density at radius 2 is 2.05 bits per heavy atom. The van der Waals surface area contributed by atoms with Crippen LogP contribution in [0.3, 0.4) is 0 Å². The van der Waals surface area contributed by atoms with Crippen LogP contribution in [0.25, 0.3) is 0 Å². The van der Waals surface area contributed by atoms with Crippen LogP contribution in [0.5, 0.6) is 5.75 Å². The van der Waals surface area contributed by atoms with Gasteiger partial charge in [-0.1, -0.05) is 25.0 Å². The van der Waals surface area contributed by atoms with Crippen LogP contribution in [-0.4, -0.2) is 43.9 Å². The summed E-state index contributed by atoms with van der Waals surface area (Å²) in [5.74, 6) is 0.895. The molecule has 1 heterocycles. The quantitative estimate of drug-likeness (QED) is 0.924. The van der Waals surface area contributed by atoms with Crippen molar-refractivity contribution in [2.75, 3.05) is 26.8 Å². The average Bonchev–Trinajstić information content (AvgIpc) is 2.56. The molecule has 3 atom stereocenters. The van der Waals surface area contributed by atoms with E-state index in [9.17, 15) is 0 Å². The van der Waals surface area contributed by atoms with Gasteiger partial charge < -0.3 is 15.2 Å². The van der Waals surface area contributed by atoms with Crippen LogP contribution in [0.4, 0.5) is 0 Å². The summed E-state index contributed by atoms with van der Waals surface area (Å²) in [6.45, 7) is 2.46. The van der Waals surface area contributed by atoms with Crippen LogP contribution in [0.15, 0.2) is 24.3 Å². The molecule has 2 aliphatic rings. The Balaban J connectivity index is 1.80. The van der Waals surface area contributed by atoms with Crippen molar-refractivity contribution in [1.29, 1.82) is 0 Å². The van der Waals surface area contributed by atoms with Crippen LogP contribution < -0.4 is 10.5 Å². The van der Waals surface area contributed by atoms with Gasteiger partial charge in [-0.2, -0.15) is 0 Å². The van der Waals surface area contributed by atoms with E-state index >= 15 is 0 Å². The molecule has 0 amide bonds. The van der Waals surface area contributed by atoms with Gasteiger partial charge >= 0.3 is 0 Å². The van der Waals surface area contributed by atoms with Gasteiger partial charge in [0.1, 0.15) is 5.75 Å². The lowest BCUT2D eigenvalue weighted by Crippen LogP contribution is -2.54. The normalized spacial score (nSPS) is 27.9. The molecule has 1 aliphatic heterocycles. The third-order valence-corrected chi connectivity index (χ3v) is 4.90. The Kier molecular flexibility index (Phi) is 4.78. The van der Waals surface area contributed by atoms with E-state index in [0.29, 0.717) is 18.7 Å². The summed E-state index contributed by atoms with van der Waals surface area (Å²) >= 11 is 0. The van der Waals surface area contributed by atoms with Crippen molar-refractivity contribution in [3.8, 4) is 5.75 Å². The summed E-state index contributed by atoms with van der Waals surface area (Å²) in [4.78, 5) is 2.58. The number of nitrogens with zero attached hydrogens (tertiary/aromatic N) is 1. The monoisotopic (exact) mass is 290 g/mol. The zero-order chi connectivity index (χ0) is 14.7. The number of benzene rings is 1. The maximum atomic E-state index is 6.11. The number of fused-ring (bicyclic) bond motifs is 1. The Bertz CT molecular complexity index is 447. The number of nitrogens with two attached hydrogens (primary N) is 1. The molecule has 0 radical (unpaired) electrons. The summed E-state index contributed by atoms with van der Waals surface area (Å²) in [6.07, 6.45) is 5.43.